The molecule has 0 saturated heterocycles. The van der Waals surface area contributed by atoms with Crippen LogP contribution in [0.4, 0.5) is 0 Å². The van der Waals surface area contributed by atoms with Crippen molar-refractivity contribution < 1.29 is 18.9 Å². The number of hydrogen-bond donors (Lipinski definition) is 0. The zero-order valence-corrected chi connectivity index (χ0v) is 13.9. The zero-order chi connectivity index (χ0) is 12.5. The van der Waals surface area contributed by atoms with E-state index >= 15 is 0 Å². The molecular weight excluding hydrogens is 410 g/mol. The van der Waals surface area contributed by atoms with E-state index in [1.54, 1.807) is 6.20 Å². The van der Waals surface area contributed by atoms with Gasteiger partial charge in [-0.05, 0) is 38.6 Å². The largest absolute Gasteiger partial charge is 1.00 e. The van der Waals surface area contributed by atoms with Gasteiger partial charge in [0.2, 0.25) is 0 Å². The maximum atomic E-state index is 4.48. The molecule has 0 amide bonds. The molecule has 2 aromatic heterocycles. The number of benzene rings is 1. The van der Waals surface area contributed by atoms with Gasteiger partial charge < -0.3 is 4.98 Å². The molecule has 5 heteroatoms. The monoisotopic (exact) mass is 416 g/mol. The molecule has 1 aromatic carbocycles. The van der Waals surface area contributed by atoms with Crippen molar-refractivity contribution in [3.05, 3.63) is 56.8 Å². The van der Waals surface area contributed by atoms with Crippen molar-refractivity contribution in [2.45, 2.75) is 0 Å². The maximum absolute atomic E-state index is 4.48. The number of pyridine rings is 2. The third-order valence-corrected chi connectivity index (χ3v) is 3.87. The van der Waals surface area contributed by atoms with Crippen LogP contribution < -0.4 is 18.9 Å². The molecule has 0 saturated carbocycles. The minimum Gasteiger partial charge on any atom is -0.335 e. The number of rotatable bonds is 1. The van der Waals surface area contributed by atoms with Gasteiger partial charge in [-0.25, -0.2) is 6.07 Å². The molecule has 0 N–H and O–H groups in total. The van der Waals surface area contributed by atoms with Gasteiger partial charge in [0.1, 0.15) is 0 Å². The Morgan fingerprint density at radius 2 is 1.84 bits per heavy atom. The summed E-state index contributed by atoms with van der Waals surface area (Å²) in [5.41, 5.74) is 4.01. The normalized spacial score (nSPS) is 10.2. The Bertz CT molecular complexity index is 719. The summed E-state index contributed by atoms with van der Waals surface area (Å²) in [6.45, 7) is 0. The van der Waals surface area contributed by atoms with E-state index in [1.807, 2.05) is 24.3 Å². The molecule has 88 valence electrons. The van der Waals surface area contributed by atoms with Gasteiger partial charge in [-0.15, -0.1) is 3.57 Å². The van der Waals surface area contributed by atoms with Crippen LogP contribution in [0.1, 0.15) is 0 Å². The molecule has 0 unspecified atom stereocenters. The van der Waals surface area contributed by atoms with Gasteiger partial charge >= 0.3 is 18.9 Å². The van der Waals surface area contributed by atoms with Crippen LogP contribution >= 0.6 is 38.5 Å². The molecule has 2 heterocycles. The molecule has 0 atom stereocenters. The summed E-state index contributed by atoms with van der Waals surface area (Å²) in [6.07, 6.45) is 1.70. The molecule has 0 radical (unpaired) electrons. The van der Waals surface area contributed by atoms with Crippen molar-refractivity contribution in [3.8, 4) is 11.1 Å². The summed E-state index contributed by atoms with van der Waals surface area (Å²) in [7, 11) is 0. The van der Waals surface area contributed by atoms with E-state index in [0.717, 1.165) is 30.3 Å². The number of fused-ring (bicyclic) bond motifs is 1. The van der Waals surface area contributed by atoms with Crippen LogP contribution in [0.2, 0.25) is 0 Å². The first-order valence-electron chi connectivity index (χ1n) is 5.33. The van der Waals surface area contributed by atoms with Gasteiger partial charge in [0.15, 0.2) is 0 Å². The number of halogens is 2. The van der Waals surface area contributed by atoms with E-state index < -0.39 is 0 Å². The summed E-state index contributed by atoms with van der Waals surface area (Å²) in [5, 5.41) is 0. The summed E-state index contributed by atoms with van der Waals surface area (Å²) < 4.78 is 1.80. The molecule has 0 aliphatic heterocycles. The third-order valence-electron chi connectivity index (χ3n) is 2.64. The number of hydrogen-bond acceptors (Lipinski definition) is 2. The van der Waals surface area contributed by atoms with Gasteiger partial charge in [0.05, 0.1) is 4.60 Å². The topological polar surface area (TPSA) is 25.8 Å². The molecule has 0 aliphatic carbocycles. The predicted octanol–water partition coefficient (Wildman–Crippen LogP) is 1.47. The van der Waals surface area contributed by atoms with Gasteiger partial charge in [-0.3, -0.25) is 4.98 Å². The van der Waals surface area contributed by atoms with Crippen molar-refractivity contribution in [1.82, 2.24) is 9.97 Å². The van der Waals surface area contributed by atoms with Crippen LogP contribution in [-0.4, -0.2) is 9.97 Å². The Labute approximate surface area is 145 Å². The second-order valence-electron chi connectivity index (χ2n) is 3.77. The van der Waals surface area contributed by atoms with Crippen molar-refractivity contribution in [1.29, 1.82) is 0 Å². The fourth-order valence-electron chi connectivity index (χ4n) is 1.85. The number of nitrogens with zero attached hydrogens (tertiary/aromatic N) is 2. The Morgan fingerprint density at radius 3 is 2.58 bits per heavy atom. The standard InChI is InChI=1S/C14H7BrIN2.Li/c15-12-8-10(9-4-2-1-3-5-9)13-14(18-12)11(16)6-7-17-13;/h1-5,7-8H;/q-1;+1. The molecule has 3 aromatic rings. The second-order valence-corrected chi connectivity index (χ2v) is 5.66. The minimum absolute atomic E-state index is 0. The van der Waals surface area contributed by atoms with Crippen molar-refractivity contribution >= 4 is 49.6 Å². The van der Waals surface area contributed by atoms with E-state index in [-0.39, 0.29) is 18.9 Å². The quantitative estimate of drug-likeness (QED) is 0.260. The molecule has 2 nitrogen and oxygen atoms in total. The first kappa shape index (κ1) is 15.0. The Kier molecular flexibility index (Phi) is 5.01. The molecular formula is C14H7BrILiN2. The van der Waals surface area contributed by atoms with Crippen molar-refractivity contribution in [2.75, 3.05) is 0 Å². The van der Waals surface area contributed by atoms with E-state index in [2.05, 4.69) is 66.7 Å². The summed E-state index contributed by atoms with van der Waals surface area (Å²) in [4.78, 5) is 8.89. The molecule has 19 heavy (non-hydrogen) atoms. The van der Waals surface area contributed by atoms with Gasteiger partial charge in [0, 0.05) is 5.52 Å². The van der Waals surface area contributed by atoms with Crippen LogP contribution in [0.3, 0.4) is 0 Å². The molecule has 3 rings (SSSR count). The Hall–Kier alpha value is -0.413. The second kappa shape index (κ2) is 6.36. The zero-order valence-electron chi connectivity index (χ0n) is 10.2. The molecule has 0 aliphatic rings. The fourth-order valence-corrected chi connectivity index (χ4v) is 2.77. The minimum atomic E-state index is 0. The molecule has 0 bridgehead atoms. The van der Waals surface area contributed by atoms with E-state index in [4.69, 9.17) is 0 Å². The van der Waals surface area contributed by atoms with Crippen LogP contribution in [0.25, 0.3) is 22.2 Å². The van der Waals surface area contributed by atoms with E-state index in [1.165, 1.54) is 0 Å². The maximum Gasteiger partial charge on any atom is 1.00 e. The predicted molar refractivity (Wildman–Crippen MR) is 84.2 cm³/mol. The van der Waals surface area contributed by atoms with Crippen LogP contribution in [0, 0.1) is 9.64 Å². The summed E-state index contributed by atoms with van der Waals surface area (Å²) in [5.74, 6) is 0. The first-order valence-corrected chi connectivity index (χ1v) is 7.21. The van der Waals surface area contributed by atoms with Crippen molar-refractivity contribution in [2.24, 2.45) is 0 Å². The van der Waals surface area contributed by atoms with Gasteiger partial charge in [-0.2, -0.15) is 0 Å². The van der Waals surface area contributed by atoms with Crippen LogP contribution in [-0.2, 0) is 0 Å². The van der Waals surface area contributed by atoms with Crippen molar-refractivity contribution in [3.63, 3.8) is 0 Å². The average molecular weight is 417 g/mol. The first-order chi connectivity index (χ1) is 8.75. The molecule has 0 fully saturated rings. The third kappa shape index (κ3) is 3.02. The number of aromatic nitrogens is 2. The van der Waals surface area contributed by atoms with E-state index in [9.17, 15) is 0 Å². The van der Waals surface area contributed by atoms with Crippen LogP contribution in [0.15, 0.2) is 47.2 Å². The van der Waals surface area contributed by atoms with Gasteiger partial charge in [0.25, 0.3) is 0 Å². The van der Waals surface area contributed by atoms with E-state index in [0.29, 0.717) is 0 Å². The Balaban J connectivity index is 0.00000133. The fraction of sp³-hybridized carbons (Fsp3) is 0. The average Bonchev–Trinajstić information content (AvgIpc) is 2.40. The SMILES string of the molecule is Brc1cc(-c2ccccc2)c2nc[c-]c(I)c2n1.[Li+]. The van der Waals surface area contributed by atoms with Gasteiger partial charge in [-0.1, -0.05) is 59.1 Å². The summed E-state index contributed by atoms with van der Waals surface area (Å²) >= 11 is 5.69. The smallest absolute Gasteiger partial charge is 0.335 e. The Morgan fingerprint density at radius 1 is 1.11 bits per heavy atom. The molecule has 0 spiro atoms. The van der Waals surface area contributed by atoms with Crippen LogP contribution in [0.5, 0.6) is 0 Å². The summed E-state index contributed by atoms with van der Waals surface area (Å²) in [6, 6.07) is 15.3.